The number of aromatic nitrogens is 3. The minimum absolute atomic E-state index is 0.286. The van der Waals surface area contributed by atoms with Crippen molar-refractivity contribution in [2.45, 2.75) is 13.8 Å². The summed E-state index contributed by atoms with van der Waals surface area (Å²) in [7, 11) is 0. The Morgan fingerprint density at radius 2 is 2.33 bits per heavy atom. The molecule has 0 bridgehead atoms. The van der Waals surface area contributed by atoms with Gasteiger partial charge >= 0.3 is 0 Å². The number of hydrogen-bond donors (Lipinski definition) is 2. The second-order valence-electron chi connectivity index (χ2n) is 3.56. The van der Waals surface area contributed by atoms with Crippen molar-refractivity contribution < 1.29 is 4.79 Å². The highest BCUT2D eigenvalue weighted by molar-refractivity contribution is 7.09. The number of anilines is 2. The topological polar surface area (TPSA) is 79.8 Å². The van der Waals surface area contributed by atoms with Gasteiger partial charge in [-0.05, 0) is 26.0 Å². The van der Waals surface area contributed by atoms with Crippen LogP contribution in [0, 0.1) is 6.92 Å². The van der Waals surface area contributed by atoms with Crippen LogP contribution < -0.4 is 10.6 Å². The van der Waals surface area contributed by atoms with Crippen LogP contribution in [0.1, 0.15) is 23.2 Å². The van der Waals surface area contributed by atoms with Crippen molar-refractivity contribution in [3.05, 3.63) is 29.8 Å². The highest BCUT2D eigenvalue weighted by Gasteiger charge is 2.10. The molecular formula is C11H13N5OS. The first-order valence-corrected chi connectivity index (χ1v) is 6.28. The highest BCUT2D eigenvalue weighted by Crippen LogP contribution is 2.13. The second kappa shape index (κ2) is 5.54. The number of pyridine rings is 1. The van der Waals surface area contributed by atoms with Gasteiger partial charge in [0.25, 0.3) is 5.91 Å². The van der Waals surface area contributed by atoms with E-state index in [0.717, 1.165) is 23.8 Å². The maximum atomic E-state index is 11.9. The number of nitrogens with zero attached hydrogens (tertiary/aromatic N) is 3. The maximum Gasteiger partial charge on any atom is 0.276 e. The van der Waals surface area contributed by atoms with Crippen LogP contribution in [0.15, 0.2) is 18.3 Å². The largest absolute Gasteiger partial charge is 0.385 e. The third-order valence-electron chi connectivity index (χ3n) is 2.12. The van der Waals surface area contributed by atoms with Gasteiger partial charge in [0.15, 0.2) is 0 Å². The standard InChI is InChI=1S/C11H13N5OS/c1-3-12-8-4-5-13-9(6-8)10(17)15-11-14-7(2)16-18-11/h4-6H,3H2,1-2H3,(H,12,13)(H,14,15,16,17). The summed E-state index contributed by atoms with van der Waals surface area (Å²) in [6.07, 6.45) is 1.60. The van der Waals surface area contributed by atoms with Gasteiger partial charge in [0.2, 0.25) is 5.13 Å². The Kier molecular flexibility index (Phi) is 3.83. The smallest absolute Gasteiger partial charge is 0.276 e. The lowest BCUT2D eigenvalue weighted by molar-refractivity contribution is 0.102. The Bertz CT molecular complexity index is 554. The maximum absolute atomic E-state index is 11.9. The summed E-state index contributed by atoms with van der Waals surface area (Å²) in [5.41, 5.74) is 1.22. The summed E-state index contributed by atoms with van der Waals surface area (Å²) in [6.45, 7) is 4.56. The fraction of sp³-hybridized carbons (Fsp3) is 0.273. The van der Waals surface area contributed by atoms with Crippen LogP contribution >= 0.6 is 11.5 Å². The molecule has 0 saturated carbocycles. The molecule has 2 rings (SSSR count). The van der Waals surface area contributed by atoms with Crippen molar-refractivity contribution in [2.75, 3.05) is 17.2 Å². The second-order valence-corrected chi connectivity index (χ2v) is 4.31. The molecule has 0 fully saturated rings. The predicted molar refractivity (Wildman–Crippen MR) is 71.0 cm³/mol. The van der Waals surface area contributed by atoms with Gasteiger partial charge in [0.05, 0.1) is 0 Å². The van der Waals surface area contributed by atoms with Gasteiger partial charge in [-0.25, -0.2) is 4.98 Å². The average Bonchev–Trinajstić information content (AvgIpc) is 2.75. The molecule has 2 aromatic heterocycles. The van der Waals surface area contributed by atoms with Crippen LogP contribution in [0.25, 0.3) is 0 Å². The highest BCUT2D eigenvalue weighted by atomic mass is 32.1. The molecule has 94 valence electrons. The van der Waals surface area contributed by atoms with E-state index in [4.69, 9.17) is 0 Å². The van der Waals surface area contributed by atoms with Crippen LogP contribution in [-0.4, -0.2) is 26.8 Å². The van der Waals surface area contributed by atoms with Crippen LogP contribution in [0.5, 0.6) is 0 Å². The van der Waals surface area contributed by atoms with E-state index in [1.165, 1.54) is 0 Å². The number of hydrogen-bond acceptors (Lipinski definition) is 6. The molecule has 0 aliphatic heterocycles. The van der Waals surface area contributed by atoms with E-state index in [9.17, 15) is 4.79 Å². The minimum atomic E-state index is -0.286. The zero-order valence-electron chi connectivity index (χ0n) is 10.1. The lowest BCUT2D eigenvalue weighted by atomic mass is 10.3. The number of carbonyl (C=O) groups is 1. The van der Waals surface area contributed by atoms with E-state index in [1.807, 2.05) is 13.0 Å². The molecule has 0 aromatic carbocycles. The van der Waals surface area contributed by atoms with Gasteiger partial charge in [0, 0.05) is 30.0 Å². The SMILES string of the molecule is CCNc1ccnc(C(=O)Nc2nc(C)ns2)c1. The fourth-order valence-corrected chi connectivity index (χ4v) is 1.95. The quantitative estimate of drug-likeness (QED) is 0.881. The number of nitrogens with one attached hydrogen (secondary N) is 2. The molecule has 0 unspecified atom stereocenters. The molecule has 2 N–H and O–H groups in total. The zero-order chi connectivity index (χ0) is 13.0. The molecule has 2 aromatic rings. The zero-order valence-corrected chi connectivity index (χ0v) is 10.9. The monoisotopic (exact) mass is 263 g/mol. The van der Waals surface area contributed by atoms with Gasteiger partial charge in [-0.1, -0.05) is 0 Å². The van der Waals surface area contributed by atoms with E-state index >= 15 is 0 Å². The normalized spacial score (nSPS) is 10.1. The number of rotatable bonds is 4. The van der Waals surface area contributed by atoms with Crippen LogP contribution in [0.4, 0.5) is 10.8 Å². The Hall–Kier alpha value is -2.02. The van der Waals surface area contributed by atoms with Crippen molar-refractivity contribution in [1.82, 2.24) is 14.3 Å². The summed E-state index contributed by atoms with van der Waals surface area (Å²) in [5, 5.41) is 6.27. The van der Waals surface area contributed by atoms with Crippen molar-refractivity contribution >= 4 is 28.3 Å². The van der Waals surface area contributed by atoms with Crippen molar-refractivity contribution in [3.63, 3.8) is 0 Å². The Labute approximate surface area is 109 Å². The van der Waals surface area contributed by atoms with E-state index in [0.29, 0.717) is 16.6 Å². The molecule has 0 aliphatic rings. The van der Waals surface area contributed by atoms with Gasteiger partial charge in [-0.3, -0.25) is 15.1 Å². The average molecular weight is 263 g/mol. The van der Waals surface area contributed by atoms with Crippen LogP contribution in [0.3, 0.4) is 0 Å². The van der Waals surface area contributed by atoms with Crippen molar-refractivity contribution in [3.8, 4) is 0 Å². The molecule has 0 radical (unpaired) electrons. The third-order valence-corrected chi connectivity index (χ3v) is 2.84. The van der Waals surface area contributed by atoms with Crippen molar-refractivity contribution in [1.29, 1.82) is 0 Å². The fourth-order valence-electron chi connectivity index (χ4n) is 1.38. The first-order chi connectivity index (χ1) is 8.69. The van der Waals surface area contributed by atoms with E-state index in [1.54, 1.807) is 19.2 Å². The minimum Gasteiger partial charge on any atom is -0.385 e. The summed E-state index contributed by atoms with van der Waals surface area (Å²) < 4.78 is 3.99. The summed E-state index contributed by atoms with van der Waals surface area (Å²) in [5.74, 6) is 0.357. The lowest BCUT2D eigenvalue weighted by Gasteiger charge is -2.04. The van der Waals surface area contributed by atoms with Gasteiger partial charge < -0.3 is 5.32 Å². The van der Waals surface area contributed by atoms with Gasteiger partial charge in [-0.2, -0.15) is 4.37 Å². The van der Waals surface area contributed by atoms with Crippen LogP contribution in [0.2, 0.25) is 0 Å². The lowest BCUT2D eigenvalue weighted by Crippen LogP contribution is -2.14. The van der Waals surface area contributed by atoms with E-state index < -0.39 is 0 Å². The third kappa shape index (κ3) is 3.01. The molecule has 0 spiro atoms. The Morgan fingerprint density at radius 3 is 3.00 bits per heavy atom. The molecule has 2 heterocycles. The first kappa shape index (κ1) is 12.4. The summed E-state index contributed by atoms with van der Waals surface area (Å²) in [4.78, 5) is 20.0. The van der Waals surface area contributed by atoms with Gasteiger partial charge in [-0.15, -0.1) is 0 Å². The van der Waals surface area contributed by atoms with Crippen LogP contribution in [-0.2, 0) is 0 Å². The molecule has 18 heavy (non-hydrogen) atoms. The Morgan fingerprint density at radius 1 is 1.50 bits per heavy atom. The Balaban J connectivity index is 2.11. The molecular weight excluding hydrogens is 250 g/mol. The number of carbonyl (C=O) groups excluding carboxylic acids is 1. The number of amides is 1. The summed E-state index contributed by atoms with van der Waals surface area (Å²) >= 11 is 1.15. The molecule has 0 atom stereocenters. The molecule has 0 saturated heterocycles. The van der Waals surface area contributed by atoms with E-state index in [-0.39, 0.29) is 5.91 Å². The number of aryl methyl sites for hydroxylation is 1. The van der Waals surface area contributed by atoms with Gasteiger partial charge in [0.1, 0.15) is 11.5 Å². The van der Waals surface area contributed by atoms with E-state index in [2.05, 4.69) is 25.0 Å². The van der Waals surface area contributed by atoms with Crippen molar-refractivity contribution in [2.24, 2.45) is 0 Å². The molecule has 6 nitrogen and oxygen atoms in total. The molecule has 1 amide bonds. The predicted octanol–water partition coefficient (Wildman–Crippen LogP) is 1.93. The molecule has 7 heteroatoms. The molecule has 0 aliphatic carbocycles. The summed E-state index contributed by atoms with van der Waals surface area (Å²) in [6, 6.07) is 3.52. The first-order valence-electron chi connectivity index (χ1n) is 5.50.